The van der Waals surface area contributed by atoms with E-state index in [1.54, 1.807) is 0 Å². The Morgan fingerprint density at radius 2 is 1.81 bits per heavy atom. The minimum atomic E-state index is 0.404. The summed E-state index contributed by atoms with van der Waals surface area (Å²) in [6, 6.07) is 7.15. The molecule has 0 saturated heterocycles. The number of nitrogens with one attached hydrogen (secondary N) is 1. The molecule has 1 aromatic carbocycles. The summed E-state index contributed by atoms with van der Waals surface area (Å²) in [7, 11) is 0. The summed E-state index contributed by atoms with van der Waals surface area (Å²) in [5.74, 6) is 0. The molecule has 1 unspecified atom stereocenters. The van der Waals surface area contributed by atoms with Crippen molar-refractivity contribution in [1.82, 2.24) is 5.32 Å². The van der Waals surface area contributed by atoms with Crippen LogP contribution in [0.1, 0.15) is 43.0 Å². The molecule has 0 aliphatic heterocycles. The zero-order valence-corrected chi connectivity index (χ0v) is 10.9. The van der Waals surface area contributed by atoms with Crippen molar-refractivity contribution >= 4 is 0 Å². The monoisotopic (exact) mass is 217 g/mol. The Morgan fingerprint density at radius 3 is 2.25 bits per heavy atom. The lowest BCUT2D eigenvalue weighted by Crippen LogP contribution is -2.21. The van der Waals surface area contributed by atoms with E-state index in [1.165, 1.54) is 22.3 Å². The van der Waals surface area contributed by atoms with Gasteiger partial charge >= 0.3 is 0 Å². The molecule has 0 aromatic heterocycles. The summed E-state index contributed by atoms with van der Waals surface area (Å²) in [4.78, 5) is 0. The maximum atomic E-state index is 4.01. The van der Waals surface area contributed by atoms with Crippen molar-refractivity contribution in [3.05, 3.63) is 47.0 Å². The van der Waals surface area contributed by atoms with Gasteiger partial charge in [0.15, 0.2) is 0 Å². The van der Waals surface area contributed by atoms with Gasteiger partial charge in [0.25, 0.3) is 0 Å². The molecule has 1 aromatic rings. The Hall–Kier alpha value is -1.08. The van der Waals surface area contributed by atoms with Crippen LogP contribution in [-0.2, 0) is 0 Å². The summed E-state index contributed by atoms with van der Waals surface area (Å²) in [5, 5.41) is 3.52. The van der Waals surface area contributed by atoms with Crippen molar-refractivity contribution in [2.45, 2.75) is 40.2 Å². The summed E-state index contributed by atoms with van der Waals surface area (Å²) >= 11 is 0. The minimum Gasteiger partial charge on any atom is -0.310 e. The van der Waals surface area contributed by atoms with Crippen LogP contribution < -0.4 is 5.32 Å². The fraction of sp³-hybridized carbons (Fsp3) is 0.467. The van der Waals surface area contributed by atoms with Crippen LogP contribution in [0.15, 0.2) is 30.4 Å². The number of hydrogen-bond acceptors (Lipinski definition) is 1. The van der Waals surface area contributed by atoms with E-state index >= 15 is 0 Å². The SMILES string of the molecule is C=C(C)CC(NCC)c1cc(C)cc(C)c1. The Kier molecular flexibility index (Phi) is 4.75. The van der Waals surface area contributed by atoms with Gasteiger partial charge in [-0.3, -0.25) is 0 Å². The Labute approximate surface area is 99.6 Å². The molecule has 1 heteroatoms. The third-order valence-electron chi connectivity index (χ3n) is 2.65. The molecule has 0 aliphatic rings. The van der Waals surface area contributed by atoms with Crippen molar-refractivity contribution in [3.63, 3.8) is 0 Å². The van der Waals surface area contributed by atoms with Gasteiger partial charge in [0, 0.05) is 6.04 Å². The fourth-order valence-electron chi connectivity index (χ4n) is 2.11. The van der Waals surface area contributed by atoms with Crippen molar-refractivity contribution in [1.29, 1.82) is 0 Å². The first-order valence-corrected chi connectivity index (χ1v) is 5.99. The van der Waals surface area contributed by atoms with Gasteiger partial charge in [-0.15, -0.1) is 6.58 Å². The Bertz CT molecular complexity index is 345. The molecule has 0 bridgehead atoms. The van der Waals surface area contributed by atoms with Crippen LogP contribution in [0, 0.1) is 13.8 Å². The second-order valence-corrected chi connectivity index (χ2v) is 4.69. The molecule has 0 saturated carbocycles. The van der Waals surface area contributed by atoms with Gasteiger partial charge in [0.05, 0.1) is 0 Å². The molecule has 0 heterocycles. The number of hydrogen-bond donors (Lipinski definition) is 1. The van der Waals surface area contributed by atoms with E-state index < -0.39 is 0 Å². The molecule has 0 aliphatic carbocycles. The van der Waals surface area contributed by atoms with Crippen LogP contribution >= 0.6 is 0 Å². The summed E-state index contributed by atoms with van der Waals surface area (Å²) in [6.07, 6.45) is 1.01. The molecule has 1 nitrogen and oxygen atoms in total. The molecule has 1 rings (SSSR count). The van der Waals surface area contributed by atoms with E-state index in [-0.39, 0.29) is 0 Å². The van der Waals surface area contributed by atoms with E-state index in [4.69, 9.17) is 0 Å². The number of benzene rings is 1. The molecular weight excluding hydrogens is 194 g/mol. The third-order valence-corrected chi connectivity index (χ3v) is 2.65. The lowest BCUT2D eigenvalue weighted by atomic mass is 9.97. The molecule has 1 N–H and O–H groups in total. The maximum Gasteiger partial charge on any atom is 0.0357 e. The first-order valence-electron chi connectivity index (χ1n) is 5.99. The molecule has 1 atom stereocenters. The standard InChI is InChI=1S/C15H23N/c1-6-16-15(7-11(2)3)14-9-12(4)8-13(5)10-14/h8-10,15-16H,2,6-7H2,1,3-5H3. The fourth-order valence-corrected chi connectivity index (χ4v) is 2.11. The van der Waals surface area contributed by atoms with Gasteiger partial charge < -0.3 is 5.32 Å². The quantitative estimate of drug-likeness (QED) is 0.737. The van der Waals surface area contributed by atoms with E-state index in [0.29, 0.717) is 6.04 Å². The first kappa shape index (κ1) is 13.0. The Balaban J connectivity index is 2.95. The van der Waals surface area contributed by atoms with E-state index in [1.807, 2.05) is 0 Å². The average molecular weight is 217 g/mol. The molecule has 0 spiro atoms. The largest absolute Gasteiger partial charge is 0.310 e. The minimum absolute atomic E-state index is 0.404. The topological polar surface area (TPSA) is 12.0 Å². The number of aryl methyl sites for hydroxylation is 2. The lowest BCUT2D eigenvalue weighted by Gasteiger charge is -2.19. The van der Waals surface area contributed by atoms with E-state index in [2.05, 4.69) is 57.8 Å². The summed E-state index contributed by atoms with van der Waals surface area (Å²) < 4.78 is 0. The second-order valence-electron chi connectivity index (χ2n) is 4.69. The highest BCUT2D eigenvalue weighted by Gasteiger charge is 2.10. The molecule has 0 radical (unpaired) electrons. The highest BCUT2D eigenvalue weighted by molar-refractivity contribution is 5.31. The predicted octanol–water partition coefficient (Wildman–Crippen LogP) is 3.92. The normalized spacial score (nSPS) is 12.5. The van der Waals surface area contributed by atoms with Gasteiger partial charge in [-0.05, 0) is 39.3 Å². The van der Waals surface area contributed by atoms with Crippen LogP contribution in [-0.4, -0.2) is 6.54 Å². The van der Waals surface area contributed by atoms with Gasteiger partial charge in [-0.25, -0.2) is 0 Å². The van der Waals surface area contributed by atoms with E-state index in [0.717, 1.165) is 13.0 Å². The highest BCUT2D eigenvalue weighted by Crippen LogP contribution is 2.22. The first-order chi connectivity index (χ1) is 7.52. The Morgan fingerprint density at radius 1 is 1.25 bits per heavy atom. The molecule has 0 amide bonds. The molecule has 16 heavy (non-hydrogen) atoms. The van der Waals surface area contributed by atoms with Crippen LogP contribution in [0.25, 0.3) is 0 Å². The highest BCUT2D eigenvalue weighted by atomic mass is 14.9. The maximum absolute atomic E-state index is 4.01. The summed E-state index contributed by atoms with van der Waals surface area (Å²) in [6.45, 7) is 13.5. The van der Waals surface area contributed by atoms with Crippen molar-refractivity contribution in [2.24, 2.45) is 0 Å². The number of rotatable bonds is 5. The van der Waals surface area contributed by atoms with Crippen molar-refractivity contribution < 1.29 is 0 Å². The molecule has 0 fully saturated rings. The lowest BCUT2D eigenvalue weighted by molar-refractivity contribution is 0.547. The average Bonchev–Trinajstić information content (AvgIpc) is 2.14. The second kappa shape index (κ2) is 5.86. The zero-order chi connectivity index (χ0) is 12.1. The third kappa shape index (κ3) is 3.82. The zero-order valence-electron chi connectivity index (χ0n) is 10.9. The summed E-state index contributed by atoms with van der Waals surface area (Å²) in [5.41, 5.74) is 5.27. The molecular formula is C15H23N. The van der Waals surface area contributed by atoms with Crippen molar-refractivity contribution in [2.75, 3.05) is 6.54 Å². The van der Waals surface area contributed by atoms with E-state index in [9.17, 15) is 0 Å². The van der Waals surface area contributed by atoms with Gasteiger partial charge in [-0.1, -0.05) is 41.8 Å². The van der Waals surface area contributed by atoms with Gasteiger partial charge in [0.2, 0.25) is 0 Å². The van der Waals surface area contributed by atoms with Crippen molar-refractivity contribution in [3.8, 4) is 0 Å². The smallest absolute Gasteiger partial charge is 0.0357 e. The molecule has 88 valence electrons. The van der Waals surface area contributed by atoms with Gasteiger partial charge in [-0.2, -0.15) is 0 Å². The van der Waals surface area contributed by atoms with Crippen LogP contribution in [0.2, 0.25) is 0 Å². The van der Waals surface area contributed by atoms with Crippen LogP contribution in [0.5, 0.6) is 0 Å². The van der Waals surface area contributed by atoms with Crippen LogP contribution in [0.3, 0.4) is 0 Å². The predicted molar refractivity (Wildman–Crippen MR) is 71.8 cm³/mol. The van der Waals surface area contributed by atoms with Crippen LogP contribution in [0.4, 0.5) is 0 Å². The van der Waals surface area contributed by atoms with Gasteiger partial charge in [0.1, 0.15) is 0 Å².